The molecule has 19 heavy (non-hydrogen) atoms. The van der Waals surface area contributed by atoms with Crippen LogP contribution >= 0.6 is 0 Å². The molecule has 0 heterocycles. The molecule has 1 aromatic carbocycles. The van der Waals surface area contributed by atoms with Gasteiger partial charge in [0.2, 0.25) is 5.91 Å². The summed E-state index contributed by atoms with van der Waals surface area (Å²) in [6.07, 6.45) is 3.15. The van der Waals surface area contributed by atoms with Crippen molar-refractivity contribution < 1.29 is 14.6 Å². The van der Waals surface area contributed by atoms with E-state index in [2.05, 4.69) is 17.4 Å². The number of aliphatic hydroxyl groups excluding tert-OH is 1. The molecule has 2 N–H and O–H groups in total. The molecule has 0 atom stereocenters. The summed E-state index contributed by atoms with van der Waals surface area (Å²) >= 11 is 0. The minimum absolute atomic E-state index is 0.0221. The quantitative estimate of drug-likeness (QED) is 0.786. The predicted molar refractivity (Wildman–Crippen MR) is 73.2 cm³/mol. The van der Waals surface area contributed by atoms with Gasteiger partial charge in [0.15, 0.2) is 0 Å². The minimum Gasteiger partial charge on any atom is -0.497 e. The van der Waals surface area contributed by atoms with Crippen molar-refractivity contribution in [3.05, 3.63) is 29.8 Å². The van der Waals surface area contributed by atoms with Crippen LogP contribution in [0.2, 0.25) is 0 Å². The van der Waals surface area contributed by atoms with Gasteiger partial charge in [0.25, 0.3) is 0 Å². The number of rotatable bonds is 7. The van der Waals surface area contributed by atoms with Gasteiger partial charge in [-0.15, -0.1) is 0 Å². The molecule has 2 rings (SSSR count). The van der Waals surface area contributed by atoms with Crippen molar-refractivity contribution >= 4 is 5.91 Å². The molecule has 0 unspecified atom stereocenters. The number of hydrogen-bond donors (Lipinski definition) is 2. The Balaban J connectivity index is 1.89. The predicted octanol–water partition coefficient (Wildman–Crippen LogP) is 1.62. The number of hydrogen-bond acceptors (Lipinski definition) is 3. The van der Waals surface area contributed by atoms with Crippen LogP contribution in [0, 0.1) is 0 Å². The average Bonchev–Trinajstić information content (AvgIpc) is 3.24. The molecule has 0 aliphatic heterocycles. The summed E-state index contributed by atoms with van der Waals surface area (Å²) in [5.74, 6) is 0.875. The Bertz CT molecular complexity index is 424. The number of amides is 1. The highest BCUT2D eigenvalue weighted by atomic mass is 16.5. The minimum atomic E-state index is 0.0221. The number of benzene rings is 1. The largest absolute Gasteiger partial charge is 0.497 e. The standard InChI is InChI=1S/C15H21NO3/c1-19-13-6-4-12(5-7-13)15(8-9-15)11-16-14(18)3-2-10-17/h4-7,17H,2-3,8-11H2,1H3,(H,16,18). The fourth-order valence-corrected chi connectivity index (χ4v) is 2.26. The second kappa shape index (κ2) is 6.06. The van der Waals surface area contributed by atoms with E-state index in [1.54, 1.807) is 7.11 Å². The molecule has 1 fully saturated rings. The molecular formula is C15H21NO3. The molecule has 0 saturated heterocycles. The fraction of sp³-hybridized carbons (Fsp3) is 0.533. The maximum Gasteiger partial charge on any atom is 0.220 e. The van der Waals surface area contributed by atoms with Crippen molar-refractivity contribution in [3.8, 4) is 5.75 Å². The van der Waals surface area contributed by atoms with Gasteiger partial charge < -0.3 is 15.2 Å². The van der Waals surface area contributed by atoms with E-state index < -0.39 is 0 Å². The number of aliphatic hydroxyl groups is 1. The topological polar surface area (TPSA) is 58.6 Å². The molecule has 1 aliphatic carbocycles. The van der Waals surface area contributed by atoms with Crippen LogP contribution in [0.1, 0.15) is 31.2 Å². The summed E-state index contributed by atoms with van der Waals surface area (Å²) in [5, 5.41) is 11.7. The Kier molecular flexibility index (Phi) is 4.43. The van der Waals surface area contributed by atoms with Gasteiger partial charge in [-0.05, 0) is 37.0 Å². The van der Waals surface area contributed by atoms with Crippen molar-refractivity contribution in [2.45, 2.75) is 31.1 Å². The molecule has 4 heteroatoms. The maximum absolute atomic E-state index is 11.6. The van der Waals surface area contributed by atoms with Gasteiger partial charge in [0.05, 0.1) is 7.11 Å². The molecule has 1 saturated carbocycles. The highest BCUT2D eigenvalue weighted by molar-refractivity contribution is 5.76. The summed E-state index contributed by atoms with van der Waals surface area (Å²) < 4.78 is 5.15. The van der Waals surface area contributed by atoms with E-state index in [-0.39, 0.29) is 17.9 Å². The third kappa shape index (κ3) is 3.47. The van der Waals surface area contributed by atoms with Gasteiger partial charge in [-0.3, -0.25) is 4.79 Å². The van der Waals surface area contributed by atoms with Crippen LogP contribution in [-0.4, -0.2) is 31.3 Å². The number of ether oxygens (including phenoxy) is 1. The van der Waals surface area contributed by atoms with E-state index in [4.69, 9.17) is 9.84 Å². The van der Waals surface area contributed by atoms with Gasteiger partial charge in [-0.25, -0.2) is 0 Å². The van der Waals surface area contributed by atoms with E-state index >= 15 is 0 Å². The first-order valence-electron chi connectivity index (χ1n) is 6.72. The molecule has 1 aromatic rings. The van der Waals surface area contributed by atoms with Crippen LogP contribution in [0.3, 0.4) is 0 Å². The Morgan fingerprint density at radius 2 is 2.05 bits per heavy atom. The lowest BCUT2D eigenvalue weighted by Crippen LogP contribution is -2.32. The van der Waals surface area contributed by atoms with Crippen LogP contribution in [0.25, 0.3) is 0 Å². The molecule has 1 amide bonds. The van der Waals surface area contributed by atoms with E-state index in [1.165, 1.54) is 5.56 Å². The zero-order valence-electron chi connectivity index (χ0n) is 11.3. The van der Waals surface area contributed by atoms with Crippen molar-refractivity contribution in [2.75, 3.05) is 20.3 Å². The normalized spacial score (nSPS) is 15.9. The highest BCUT2D eigenvalue weighted by Crippen LogP contribution is 2.47. The van der Waals surface area contributed by atoms with Crippen molar-refractivity contribution in [3.63, 3.8) is 0 Å². The second-order valence-corrected chi connectivity index (χ2v) is 5.11. The van der Waals surface area contributed by atoms with Crippen molar-refractivity contribution in [1.29, 1.82) is 0 Å². The van der Waals surface area contributed by atoms with Crippen LogP contribution in [0.5, 0.6) is 5.75 Å². The van der Waals surface area contributed by atoms with Crippen molar-refractivity contribution in [2.24, 2.45) is 0 Å². The Hall–Kier alpha value is -1.55. The SMILES string of the molecule is COc1ccc(C2(CNC(=O)CCCO)CC2)cc1. The summed E-state index contributed by atoms with van der Waals surface area (Å²) in [6.45, 7) is 0.751. The molecule has 4 nitrogen and oxygen atoms in total. The number of carbonyl (C=O) groups is 1. The van der Waals surface area contributed by atoms with E-state index in [0.29, 0.717) is 19.4 Å². The summed E-state index contributed by atoms with van der Waals surface area (Å²) in [6, 6.07) is 8.07. The number of methoxy groups -OCH3 is 1. The van der Waals surface area contributed by atoms with Crippen LogP contribution in [0.15, 0.2) is 24.3 Å². The monoisotopic (exact) mass is 263 g/mol. The molecule has 104 valence electrons. The lowest BCUT2D eigenvalue weighted by molar-refractivity contribution is -0.121. The Morgan fingerprint density at radius 3 is 2.58 bits per heavy atom. The van der Waals surface area contributed by atoms with Crippen LogP contribution in [-0.2, 0) is 10.2 Å². The Morgan fingerprint density at radius 1 is 1.37 bits per heavy atom. The number of nitrogens with one attached hydrogen (secondary N) is 1. The maximum atomic E-state index is 11.6. The molecule has 0 aromatic heterocycles. The molecular weight excluding hydrogens is 242 g/mol. The lowest BCUT2D eigenvalue weighted by atomic mass is 9.96. The van der Waals surface area contributed by atoms with Crippen molar-refractivity contribution in [1.82, 2.24) is 5.32 Å². The second-order valence-electron chi connectivity index (χ2n) is 5.11. The van der Waals surface area contributed by atoms with E-state index in [0.717, 1.165) is 18.6 Å². The molecule has 0 radical (unpaired) electrons. The molecule has 1 aliphatic rings. The first-order chi connectivity index (χ1) is 9.20. The van der Waals surface area contributed by atoms with Crippen LogP contribution in [0.4, 0.5) is 0 Å². The Labute approximate surface area is 113 Å². The molecule has 0 spiro atoms. The first kappa shape index (κ1) is 13.9. The number of carbonyl (C=O) groups excluding carboxylic acids is 1. The lowest BCUT2D eigenvalue weighted by Gasteiger charge is -2.17. The average molecular weight is 263 g/mol. The van der Waals surface area contributed by atoms with Gasteiger partial charge >= 0.3 is 0 Å². The third-order valence-electron chi connectivity index (χ3n) is 3.74. The summed E-state index contributed by atoms with van der Waals surface area (Å²) in [5.41, 5.74) is 1.37. The van der Waals surface area contributed by atoms with E-state index in [1.807, 2.05) is 12.1 Å². The summed E-state index contributed by atoms with van der Waals surface area (Å²) in [4.78, 5) is 11.6. The zero-order valence-corrected chi connectivity index (χ0v) is 11.3. The highest BCUT2D eigenvalue weighted by Gasteiger charge is 2.44. The smallest absolute Gasteiger partial charge is 0.220 e. The van der Waals surface area contributed by atoms with Gasteiger partial charge in [-0.1, -0.05) is 12.1 Å². The van der Waals surface area contributed by atoms with E-state index in [9.17, 15) is 4.79 Å². The summed E-state index contributed by atoms with van der Waals surface area (Å²) in [7, 11) is 1.66. The van der Waals surface area contributed by atoms with Gasteiger partial charge in [0.1, 0.15) is 5.75 Å². The van der Waals surface area contributed by atoms with Gasteiger partial charge in [-0.2, -0.15) is 0 Å². The first-order valence-corrected chi connectivity index (χ1v) is 6.72. The van der Waals surface area contributed by atoms with Crippen LogP contribution < -0.4 is 10.1 Å². The molecule has 0 bridgehead atoms. The third-order valence-corrected chi connectivity index (χ3v) is 3.74. The zero-order chi connectivity index (χ0) is 13.7. The van der Waals surface area contributed by atoms with Gasteiger partial charge in [0, 0.05) is 25.0 Å². The fourth-order valence-electron chi connectivity index (χ4n) is 2.26.